The molecule has 14 N–H and O–H groups in total. The Morgan fingerprint density at radius 2 is 0.871 bits per heavy atom. The van der Waals surface area contributed by atoms with Gasteiger partial charge in [-0.25, -0.2) is 9.97 Å². The Labute approximate surface area is 535 Å². The van der Waals surface area contributed by atoms with E-state index >= 15 is 0 Å². The highest BCUT2D eigenvalue weighted by Crippen LogP contribution is 2.46. The van der Waals surface area contributed by atoms with Crippen molar-refractivity contribution in [1.82, 2.24) is 9.97 Å². The lowest BCUT2D eigenvalue weighted by molar-refractivity contribution is 0.480. The summed E-state index contributed by atoms with van der Waals surface area (Å²) in [5.74, 6) is 0. The first kappa shape index (κ1) is 68.0. The van der Waals surface area contributed by atoms with Crippen LogP contribution in [0.1, 0.15) is 19.4 Å². The lowest BCUT2D eigenvalue weighted by Crippen LogP contribution is -2.25. The van der Waals surface area contributed by atoms with Crippen LogP contribution in [0.5, 0.6) is 0 Å². The van der Waals surface area contributed by atoms with Crippen molar-refractivity contribution in [1.29, 1.82) is 0 Å². The molecule has 0 unspecified atom stereocenters. The Morgan fingerprint density at radius 3 is 1.26 bits per heavy atom. The van der Waals surface area contributed by atoms with Crippen LogP contribution in [0.4, 0.5) is 68.2 Å². The van der Waals surface area contributed by atoms with Crippen molar-refractivity contribution in [3.63, 3.8) is 0 Å². The molecule has 0 fully saturated rings. The second-order valence-corrected chi connectivity index (χ2v) is 29.7. The molecule has 0 radical (unpaired) electrons. The van der Waals surface area contributed by atoms with Gasteiger partial charge in [-0.3, -0.25) is 27.3 Å². The summed E-state index contributed by atoms with van der Waals surface area (Å²) in [6.07, 6.45) is 1.49. The third-order valence-electron chi connectivity index (χ3n) is 13.2. The van der Waals surface area contributed by atoms with Gasteiger partial charge in [0.25, 0.3) is 60.7 Å². The largest absolute Gasteiger partial charge is 0.396 e. The fourth-order valence-electron chi connectivity index (χ4n) is 8.73. The van der Waals surface area contributed by atoms with Crippen molar-refractivity contribution in [3.05, 3.63) is 136 Å². The zero-order chi connectivity index (χ0) is 68.2. The van der Waals surface area contributed by atoms with Crippen LogP contribution in [0.15, 0.2) is 186 Å². The number of hydrogen-bond acceptors (Lipinski definition) is 28. The predicted octanol–water partition coefficient (Wildman–Crippen LogP) is 10.7. The normalized spacial score (nSPS) is 13.6. The number of anilines is 4. The molecule has 40 heteroatoms. The molecular formula is C53H44N14O18S8. The average molecular weight is 1420 g/mol. The Kier molecular flexibility index (Phi) is 18.5. The molecule has 2 aromatic heterocycles. The number of benzene rings is 7. The Morgan fingerprint density at radius 1 is 0.473 bits per heavy atom. The lowest BCUT2D eigenvalue weighted by Gasteiger charge is -2.13. The second-order valence-electron chi connectivity index (χ2n) is 19.4. The van der Waals surface area contributed by atoms with E-state index in [1.807, 2.05) is 0 Å². The number of nitrogens with zero attached hydrogens (tertiary/aromatic N) is 10. The Balaban J connectivity index is 1.00. The van der Waals surface area contributed by atoms with Gasteiger partial charge in [-0.2, -0.15) is 71.0 Å². The lowest BCUT2D eigenvalue weighted by atomic mass is 10.0. The molecule has 0 saturated carbocycles. The van der Waals surface area contributed by atoms with Crippen LogP contribution >= 0.6 is 22.7 Å². The smallest absolute Gasteiger partial charge is 0.296 e. The minimum Gasteiger partial charge on any atom is -0.396 e. The number of aromatic nitrogens is 2. The van der Waals surface area contributed by atoms with Crippen LogP contribution in [0.25, 0.3) is 54.0 Å². The quantitative estimate of drug-likeness (QED) is 0.0217. The fraction of sp³-hybridized carbons (Fsp3) is 0.0566. The van der Waals surface area contributed by atoms with E-state index in [1.165, 1.54) is 62.4 Å². The molecule has 0 bridgehead atoms. The van der Waals surface area contributed by atoms with Crippen molar-refractivity contribution in [3.8, 4) is 32.3 Å². The molecule has 0 amide bonds. The Bertz CT molecular complexity index is 5670. The van der Waals surface area contributed by atoms with Gasteiger partial charge in [-0.1, -0.05) is 30.9 Å². The number of rotatable bonds is 18. The number of nitrogens with two attached hydrogens (primary N) is 4. The zero-order valence-corrected chi connectivity index (χ0v) is 53.8. The van der Waals surface area contributed by atoms with Gasteiger partial charge in [-0.15, -0.1) is 43.1 Å². The number of allylic oxidation sites excluding steroid dienone is 1. The minimum atomic E-state index is -5.37. The van der Waals surface area contributed by atoms with Gasteiger partial charge in [0.05, 0.1) is 65.6 Å². The number of azo groups is 4. The van der Waals surface area contributed by atoms with Crippen LogP contribution in [0.2, 0.25) is 0 Å². The van der Waals surface area contributed by atoms with Gasteiger partial charge in [0.15, 0.2) is 0 Å². The van der Waals surface area contributed by atoms with Crippen molar-refractivity contribution >= 4 is 173 Å². The highest BCUT2D eigenvalue weighted by Gasteiger charge is 2.28. The highest BCUT2D eigenvalue weighted by atomic mass is 32.2. The minimum absolute atomic E-state index is 0.0701. The van der Waals surface area contributed by atoms with Gasteiger partial charge in [-0.05, 0) is 123 Å². The SMILES string of the molecule is C=c1nc(-c2ccc(N=Nc3c(N)c(N=Nc4ccc(-c5ccc(N=Nc6cc(S(=O)(=O)O)c(N)c(N=Nc7ccc(-c8nc9ccc(C)c(S(=O)(=O)O)c9s8)cc7)c6N)cc5S(=O)(=O)O)c(S(=O)(=O)O)c4)cc(S(=O)(=O)O)c3N)cc2)s/c1=C(/C(C)=C\C)S(=O)(=O)O. The van der Waals surface area contributed by atoms with E-state index in [-0.39, 0.29) is 41.3 Å². The van der Waals surface area contributed by atoms with Crippen molar-refractivity contribution in [2.24, 2.45) is 40.9 Å². The zero-order valence-electron chi connectivity index (χ0n) is 47.3. The Hall–Kier alpha value is -9.40. The van der Waals surface area contributed by atoms with Gasteiger partial charge in [0.1, 0.15) is 62.1 Å². The standard InChI is InChI=1S/C53H44N14O18S8/c1-5-24(2)50(92(80,81)82)48-26(4)58-52(86-48)27-7-11-29(12-8-27)60-66-46-42(54)36(22-40(44(46)56)90(74,75)76)64-62-31-15-17-33(38(20-31)88(68,69)70)34-18-16-32(21-39(34)89(71,72)73)63-65-37-23-41(91(77,78)79)45(57)47(43(37)55)67-61-30-13-9-28(10-14-30)53-59-35-19-6-25(3)51(49(35)87-53)93(83,84)85/h5-23H,4,54-57H2,1-3H3,(H,68,69,70)(H,71,72,73)(H,74,75,76)(H,77,78,79)(H,80,81,82)(H,83,84,85)/b24-5-,50-48-,64-62?,65-63?,66-60?,67-61?. The summed E-state index contributed by atoms with van der Waals surface area (Å²) in [6, 6.07) is 21.6. The third-order valence-corrected chi connectivity index (χ3v) is 21.4. The predicted molar refractivity (Wildman–Crippen MR) is 345 cm³/mol. The topological polar surface area (TPSA) is 555 Å². The maximum Gasteiger partial charge on any atom is 0.296 e. The van der Waals surface area contributed by atoms with E-state index in [1.54, 1.807) is 25.1 Å². The molecule has 0 spiro atoms. The first-order valence-electron chi connectivity index (χ1n) is 25.4. The molecule has 9 aromatic rings. The van der Waals surface area contributed by atoms with E-state index in [2.05, 4.69) is 57.5 Å². The molecule has 9 rings (SSSR count). The van der Waals surface area contributed by atoms with Crippen LogP contribution < -0.4 is 32.8 Å². The van der Waals surface area contributed by atoms with E-state index < -0.39 is 148 Å². The molecule has 0 aliphatic rings. The molecule has 93 heavy (non-hydrogen) atoms. The van der Waals surface area contributed by atoms with Crippen LogP contribution in [-0.2, 0) is 60.7 Å². The number of fused-ring (bicyclic) bond motifs is 1. The van der Waals surface area contributed by atoms with Crippen LogP contribution in [0, 0.1) is 6.92 Å². The average Bonchev–Trinajstić information content (AvgIpc) is 1.32. The van der Waals surface area contributed by atoms with E-state index in [9.17, 15) is 77.8 Å². The molecule has 0 atom stereocenters. The first-order valence-corrected chi connectivity index (χ1v) is 35.7. The maximum absolute atomic E-state index is 13.0. The fourth-order valence-corrected chi connectivity index (χ4v) is 16.1. The van der Waals surface area contributed by atoms with Crippen molar-refractivity contribution in [2.75, 3.05) is 22.9 Å². The second kappa shape index (κ2) is 25.2. The summed E-state index contributed by atoms with van der Waals surface area (Å²) < 4.78 is 212. The molecule has 0 saturated heterocycles. The van der Waals surface area contributed by atoms with E-state index in [4.69, 9.17) is 22.9 Å². The summed E-state index contributed by atoms with van der Waals surface area (Å²) in [5, 5.41) is 32.4. The third kappa shape index (κ3) is 14.6. The summed E-state index contributed by atoms with van der Waals surface area (Å²) >= 11 is 1.93. The van der Waals surface area contributed by atoms with E-state index in [0.717, 1.165) is 46.9 Å². The van der Waals surface area contributed by atoms with Crippen LogP contribution in [-0.4, -0.2) is 87.8 Å². The molecule has 2 heterocycles. The van der Waals surface area contributed by atoms with Gasteiger partial charge < -0.3 is 22.9 Å². The van der Waals surface area contributed by atoms with Crippen molar-refractivity contribution < 1.29 is 77.8 Å². The first-order chi connectivity index (χ1) is 43.2. The molecule has 7 aromatic carbocycles. The number of aryl methyl sites for hydroxylation is 1. The highest BCUT2D eigenvalue weighted by molar-refractivity contribution is 7.95. The van der Waals surface area contributed by atoms with Gasteiger partial charge in [0.2, 0.25) is 0 Å². The van der Waals surface area contributed by atoms with Crippen LogP contribution in [0.3, 0.4) is 0 Å². The molecule has 482 valence electrons. The molecule has 0 aliphatic carbocycles. The summed E-state index contributed by atoms with van der Waals surface area (Å²) in [7, 11) is -30.4. The molecular weight excluding hydrogens is 1380 g/mol. The summed E-state index contributed by atoms with van der Waals surface area (Å²) in [5.41, 5.74) is 20.3. The van der Waals surface area contributed by atoms with E-state index in [0.29, 0.717) is 56.5 Å². The maximum atomic E-state index is 13.0. The number of nitrogen functional groups attached to an aromatic ring is 4. The monoisotopic (exact) mass is 1420 g/mol. The van der Waals surface area contributed by atoms with Gasteiger partial charge in [0, 0.05) is 22.3 Å². The molecule has 32 nitrogen and oxygen atoms in total. The summed E-state index contributed by atoms with van der Waals surface area (Å²) in [4.78, 5) is 4.12. The summed E-state index contributed by atoms with van der Waals surface area (Å²) in [6.45, 7) is 8.39. The van der Waals surface area contributed by atoms with Gasteiger partial charge >= 0.3 is 0 Å². The van der Waals surface area contributed by atoms with Crippen molar-refractivity contribution in [2.45, 2.75) is 45.2 Å². The molecule has 0 aliphatic heterocycles. The number of hydrogen-bond donors (Lipinski definition) is 10. The number of thiazole rings is 2.